The Morgan fingerprint density at radius 1 is 1.45 bits per heavy atom. The molecular weight excluding hydrogens is 206 g/mol. The summed E-state index contributed by atoms with van der Waals surface area (Å²) in [5.41, 5.74) is 0.736. The normalized spacial score (nSPS) is 10.5. The zero-order chi connectivity index (χ0) is 8.43. The third kappa shape index (κ3) is 1.93. The average molecular weight is 216 g/mol. The highest BCUT2D eigenvalue weighted by Gasteiger charge is 2.06. The number of aromatic hydroxyl groups is 1. The molecule has 0 saturated carbocycles. The van der Waals surface area contributed by atoms with Crippen LogP contribution in [0.5, 0.6) is 5.75 Å². The minimum absolute atomic E-state index is 0.257. The highest BCUT2D eigenvalue weighted by atomic mass is 79.9. The summed E-state index contributed by atoms with van der Waals surface area (Å²) in [4.78, 5) is 4.14. The van der Waals surface area contributed by atoms with Crippen molar-refractivity contribution in [3.8, 4) is 5.75 Å². The van der Waals surface area contributed by atoms with E-state index < -0.39 is 0 Å². The van der Waals surface area contributed by atoms with E-state index in [9.17, 15) is 5.11 Å². The van der Waals surface area contributed by atoms with E-state index in [1.807, 2.05) is 13.8 Å². The van der Waals surface area contributed by atoms with E-state index in [0.717, 1.165) is 10.3 Å². The van der Waals surface area contributed by atoms with Crippen LogP contribution in [0.25, 0.3) is 0 Å². The van der Waals surface area contributed by atoms with Gasteiger partial charge in [-0.05, 0) is 34.0 Å². The van der Waals surface area contributed by atoms with Crippen molar-refractivity contribution in [3.63, 3.8) is 0 Å². The Kier molecular flexibility index (Phi) is 2.49. The van der Waals surface area contributed by atoms with Crippen molar-refractivity contribution in [1.29, 1.82) is 0 Å². The third-order valence-electron chi connectivity index (χ3n) is 1.42. The Morgan fingerprint density at radius 3 is 2.55 bits per heavy atom. The lowest BCUT2D eigenvalue weighted by Gasteiger charge is -2.06. The largest absolute Gasteiger partial charge is 0.506 e. The number of halogens is 1. The van der Waals surface area contributed by atoms with Gasteiger partial charge in [-0.3, -0.25) is 0 Å². The maximum absolute atomic E-state index is 9.32. The first-order chi connectivity index (χ1) is 5.11. The first kappa shape index (κ1) is 8.53. The molecule has 2 nitrogen and oxygen atoms in total. The van der Waals surface area contributed by atoms with Gasteiger partial charge in [0.25, 0.3) is 0 Å². The standard InChI is InChI=1S/C8H10BrNO/c1-5(2)8-6(11)3-4-7(9)10-8/h3-5,11H,1-2H3. The molecule has 0 amide bonds. The quantitative estimate of drug-likeness (QED) is 0.732. The van der Waals surface area contributed by atoms with E-state index in [-0.39, 0.29) is 11.7 Å². The number of rotatable bonds is 1. The van der Waals surface area contributed by atoms with Gasteiger partial charge in [0.2, 0.25) is 0 Å². The van der Waals surface area contributed by atoms with Crippen molar-refractivity contribution in [2.45, 2.75) is 19.8 Å². The predicted molar refractivity (Wildman–Crippen MR) is 47.7 cm³/mol. The molecule has 0 saturated heterocycles. The van der Waals surface area contributed by atoms with Crippen molar-refractivity contribution in [2.75, 3.05) is 0 Å². The molecule has 11 heavy (non-hydrogen) atoms. The zero-order valence-electron chi connectivity index (χ0n) is 6.50. The SMILES string of the molecule is CC(C)c1nc(Br)ccc1O. The maximum atomic E-state index is 9.32. The van der Waals surface area contributed by atoms with Gasteiger partial charge in [0, 0.05) is 0 Å². The van der Waals surface area contributed by atoms with Crippen molar-refractivity contribution in [3.05, 3.63) is 22.4 Å². The van der Waals surface area contributed by atoms with Crippen LogP contribution < -0.4 is 0 Å². The monoisotopic (exact) mass is 215 g/mol. The molecule has 0 aromatic carbocycles. The van der Waals surface area contributed by atoms with Crippen LogP contribution >= 0.6 is 15.9 Å². The molecule has 0 unspecified atom stereocenters. The summed E-state index contributed by atoms with van der Waals surface area (Å²) in [5, 5.41) is 9.32. The average Bonchev–Trinajstić information content (AvgIpc) is 1.94. The Labute approximate surface area is 74.4 Å². The van der Waals surface area contributed by atoms with Crippen LogP contribution in [0.15, 0.2) is 16.7 Å². The van der Waals surface area contributed by atoms with Crippen LogP contribution in [0.3, 0.4) is 0 Å². The molecule has 1 aromatic rings. The van der Waals surface area contributed by atoms with Gasteiger partial charge in [-0.2, -0.15) is 0 Å². The second-order valence-electron chi connectivity index (χ2n) is 2.69. The van der Waals surface area contributed by atoms with Gasteiger partial charge in [0.15, 0.2) is 0 Å². The summed E-state index contributed by atoms with van der Waals surface area (Å²) in [7, 11) is 0. The lowest BCUT2D eigenvalue weighted by Crippen LogP contribution is -1.92. The second-order valence-corrected chi connectivity index (χ2v) is 3.51. The number of aromatic nitrogens is 1. The fraction of sp³-hybridized carbons (Fsp3) is 0.375. The van der Waals surface area contributed by atoms with Crippen LogP contribution in [0, 0.1) is 0 Å². The molecule has 1 heterocycles. The summed E-state index contributed by atoms with van der Waals surface area (Å²) in [6.07, 6.45) is 0. The van der Waals surface area contributed by atoms with Gasteiger partial charge in [-0.15, -0.1) is 0 Å². The molecule has 0 fully saturated rings. The molecule has 0 atom stereocenters. The van der Waals surface area contributed by atoms with Gasteiger partial charge in [0.05, 0.1) is 5.69 Å². The Morgan fingerprint density at radius 2 is 2.09 bits per heavy atom. The maximum Gasteiger partial charge on any atom is 0.137 e. The van der Waals surface area contributed by atoms with E-state index in [1.54, 1.807) is 12.1 Å². The van der Waals surface area contributed by atoms with Gasteiger partial charge in [0.1, 0.15) is 10.4 Å². The first-order valence-electron chi connectivity index (χ1n) is 3.46. The van der Waals surface area contributed by atoms with Gasteiger partial charge in [-0.1, -0.05) is 13.8 Å². The molecule has 1 N–H and O–H groups in total. The van der Waals surface area contributed by atoms with Crippen molar-refractivity contribution < 1.29 is 5.11 Å². The molecule has 0 radical (unpaired) electrons. The predicted octanol–water partition coefficient (Wildman–Crippen LogP) is 2.67. The van der Waals surface area contributed by atoms with Crippen LogP contribution in [0.1, 0.15) is 25.5 Å². The molecule has 0 aliphatic heterocycles. The number of hydrogen-bond acceptors (Lipinski definition) is 2. The molecule has 0 spiro atoms. The van der Waals surface area contributed by atoms with Gasteiger partial charge < -0.3 is 5.11 Å². The minimum atomic E-state index is 0.257. The molecule has 60 valence electrons. The smallest absolute Gasteiger partial charge is 0.137 e. The molecule has 0 aliphatic rings. The number of hydrogen-bond donors (Lipinski definition) is 1. The number of pyridine rings is 1. The fourth-order valence-corrected chi connectivity index (χ4v) is 1.19. The highest BCUT2D eigenvalue weighted by molar-refractivity contribution is 9.10. The highest BCUT2D eigenvalue weighted by Crippen LogP contribution is 2.24. The van der Waals surface area contributed by atoms with Crippen molar-refractivity contribution in [2.24, 2.45) is 0 Å². The Hall–Kier alpha value is -0.570. The molecule has 0 bridgehead atoms. The lowest BCUT2D eigenvalue weighted by atomic mass is 10.1. The topological polar surface area (TPSA) is 33.1 Å². The van der Waals surface area contributed by atoms with E-state index in [0.29, 0.717) is 0 Å². The summed E-state index contributed by atoms with van der Waals surface area (Å²) in [6.45, 7) is 3.99. The van der Waals surface area contributed by atoms with E-state index in [1.165, 1.54) is 0 Å². The molecule has 1 rings (SSSR count). The summed E-state index contributed by atoms with van der Waals surface area (Å²) >= 11 is 3.24. The van der Waals surface area contributed by atoms with Crippen LogP contribution in [-0.4, -0.2) is 10.1 Å². The van der Waals surface area contributed by atoms with Gasteiger partial charge in [-0.25, -0.2) is 4.98 Å². The summed E-state index contributed by atoms with van der Waals surface area (Å²) in [5.74, 6) is 0.524. The first-order valence-corrected chi connectivity index (χ1v) is 4.26. The van der Waals surface area contributed by atoms with E-state index in [4.69, 9.17) is 0 Å². The summed E-state index contributed by atoms with van der Waals surface area (Å²) in [6, 6.07) is 3.37. The lowest BCUT2D eigenvalue weighted by molar-refractivity contribution is 0.459. The minimum Gasteiger partial charge on any atom is -0.506 e. The molecule has 3 heteroatoms. The van der Waals surface area contributed by atoms with Gasteiger partial charge >= 0.3 is 0 Å². The fourth-order valence-electron chi connectivity index (χ4n) is 0.868. The zero-order valence-corrected chi connectivity index (χ0v) is 8.09. The molecular formula is C8H10BrNO. The van der Waals surface area contributed by atoms with Crippen LogP contribution in [0.2, 0.25) is 0 Å². The summed E-state index contributed by atoms with van der Waals surface area (Å²) < 4.78 is 0.763. The second kappa shape index (κ2) is 3.22. The Bertz CT molecular complexity index is 260. The number of nitrogens with zero attached hydrogens (tertiary/aromatic N) is 1. The third-order valence-corrected chi connectivity index (χ3v) is 1.86. The van der Waals surface area contributed by atoms with Crippen molar-refractivity contribution >= 4 is 15.9 Å². The van der Waals surface area contributed by atoms with Crippen molar-refractivity contribution in [1.82, 2.24) is 4.98 Å². The van der Waals surface area contributed by atoms with E-state index >= 15 is 0 Å². The van der Waals surface area contributed by atoms with E-state index in [2.05, 4.69) is 20.9 Å². The van der Waals surface area contributed by atoms with Crippen LogP contribution in [0.4, 0.5) is 0 Å². The Balaban J connectivity index is 3.13. The van der Waals surface area contributed by atoms with Crippen LogP contribution in [-0.2, 0) is 0 Å². The molecule has 0 aliphatic carbocycles. The molecule has 1 aromatic heterocycles.